The Bertz CT molecular complexity index is 908. The Morgan fingerprint density at radius 2 is 1.54 bits per heavy atom. The van der Waals surface area contributed by atoms with E-state index < -0.39 is 0 Å². The van der Waals surface area contributed by atoms with Gasteiger partial charge in [-0.1, -0.05) is 48.5 Å². The fraction of sp³-hybridized carbons (Fsp3) is 0.292. The van der Waals surface area contributed by atoms with Gasteiger partial charge in [-0.15, -0.1) is 0 Å². The minimum absolute atomic E-state index is 0.115. The van der Waals surface area contributed by atoms with Gasteiger partial charge < -0.3 is 5.32 Å². The van der Waals surface area contributed by atoms with E-state index in [1.165, 1.54) is 42.3 Å². The summed E-state index contributed by atoms with van der Waals surface area (Å²) in [5, 5.41) is 6.02. The minimum Gasteiger partial charge on any atom is -0.382 e. The zero-order chi connectivity index (χ0) is 17.9. The van der Waals surface area contributed by atoms with Crippen molar-refractivity contribution < 1.29 is 4.79 Å². The molecule has 1 saturated carbocycles. The third kappa shape index (κ3) is 3.65. The van der Waals surface area contributed by atoms with Crippen LogP contribution in [0.4, 0.5) is 5.69 Å². The molecule has 0 atom stereocenters. The number of carbonyl (C=O) groups is 1. The largest absolute Gasteiger partial charge is 0.382 e. The lowest BCUT2D eigenvalue weighted by Crippen LogP contribution is -2.25. The zero-order valence-corrected chi connectivity index (χ0v) is 15.2. The Hall–Kier alpha value is -2.61. The standard InChI is InChI=1S/C24H25NO/c1-17(26)20-7-8-22-16-24(14-11-21(22)15-20)25-23-12-9-19(10-13-23)18-5-3-2-4-6-18/h2-8,11,14-16,19,23,25H,9-10,12-13H2,1H3. The molecule has 0 radical (unpaired) electrons. The second kappa shape index (κ2) is 7.33. The Balaban J connectivity index is 1.42. The van der Waals surface area contributed by atoms with Crippen LogP contribution in [-0.2, 0) is 0 Å². The van der Waals surface area contributed by atoms with Crippen molar-refractivity contribution >= 4 is 22.2 Å². The molecular formula is C24H25NO. The molecule has 4 rings (SSSR count). The molecule has 1 N–H and O–H groups in total. The molecule has 0 spiro atoms. The van der Waals surface area contributed by atoms with E-state index in [1.54, 1.807) is 6.92 Å². The molecule has 1 aliphatic rings. The highest BCUT2D eigenvalue weighted by Gasteiger charge is 2.22. The van der Waals surface area contributed by atoms with E-state index in [2.05, 4.69) is 53.8 Å². The molecule has 1 aliphatic carbocycles. The summed E-state index contributed by atoms with van der Waals surface area (Å²) in [4.78, 5) is 11.5. The molecule has 0 bridgehead atoms. The summed E-state index contributed by atoms with van der Waals surface area (Å²) in [6, 6.07) is 23.8. The number of ketones is 1. The first-order valence-corrected chi connectivity index (χ1v) is 9.55. The second-order valence-electron chi connectivity index (χ2n) is 7.44. The fourth-order valence-electron chi connectivity index (χ4n) is 4.09. The van der Waals surface area contributed by atoms with E-state index in [0.29, 0.717) is 12.0 Å². The molecule has 132 valence electrons. The number of Topliss-reactive ketones (excluding diaryl/α,β-unsaturated/α-hetero) is 1. The van der Waals surface area contributed by atoms with Gasteiger partial charge in [0, 0.05) is 17.3 Å². The van der Waals surface area contributed by atoms with E-state index in [4.69, 9.17) is 0 Å². The monoisotopic (exact) mass is 343 g/mol. The predicted molar refractivity (Wildman–Crippen MR) is 109 cm³/mol. The van der Waals surface area contributed by atoms with Gasteiger partial charge in [0.05, 0.1) is 0 Å². The van der Waals surface area contributed by atoms with E-state index >= 15 is 0 Å². The summed E-state index contributed by atoms with van der Waals surface area (Å²) >= 11 is 0. The van der Waals surface area contributed by atoms with Crippen LogP contribution in [-0.4, -0.2) is 11.8 Å². The molecule has 0 amide bonds. The molecule has 0 aromatic heterocycles. The second-order valence-corrected chi connectivity index (χ2v) is 7.44. The van der Waals surface area contributed by atoms with Gasteiger partial charge in [0.25, 0.3) is 0 Å². The number of anilines is 1. The third-order valence-electron chi connectivity index (χ3n) is 5.62. The number of hydrogen-bond acceptors (Lipinski definition) is 2. The molecular weight excluding hydrogens is 318 g/mol. The Morgan fingerprint density at radius 1 is 0.846 bits per heavy atom. The smallest absolute Gasteiger partial charge is 0.159 e. The van der Waals surface area contributed by atoms with Gasteiger partial charge in [-0.2, -0.15) is 0 Å². The van der Waals surface area contributed by atoms with Crippen LogP contribution in [0.2, 0.25) is 0 Å². The van der Waals surface area contributed by atoms with Crippen LogP contribution in [0.1, 0.15) is 54.4 Å². The van der Waals surface area contributed by atoms with E-state index in [9.17, 15) is 4.79 Å². The van der Waals surface area contributed by atoms with Crippen LogP contribution in [0.15, 0.2) is 66.7 Å². The average Bonchev–Trinajstić information content (AvgIpc) is 2.69. The summed E-state index contributed by atoms with van der Waals surface area (Å²) in [5.41, 5.74) is 3.44. The number of rotatable bonds is 4. The lowest BCUT2D eigenvalue weighted by molar-refractivity contribution is 0.101. The SMILES string of the molecule is CC(=O)c1ccc2cc(NC3CCC(c4ccccc4)CC3)ccc2c1. The summed E-state index contributed by atoms with van der Waals surface area (Å²) in [5.74, 6) is 0.820. The number of benzene rings is 3. The summed E-state index contributed by atoms with van der Waals surface area (Å²) in [6.45, 7) is 1.61. The van der Waals surface area contributed by atoms with E-state index in [0.717, 1.165) is 10.9 Å². The quantitative estimate of drug-likeness (QED) is 0.573. The van der Waals surface area contributed by atoms with Crippen molar-refractivity contribution in [3.63, 3.8) is 0 Å². The number of hydrogen-bond donors (Lipinski definition) is 1. The van der Waals surface area contributed by atoms with Crippen molar-refractivity contribution in [3.05, 3.63) is 77.9 Å². The molecule has 3 aromatic carbocycles. The highest BCUT2D eigenvalue weighted by molar-refractivity contribution is 5.99. The van der Waals surface area contributed by atoms with Gasteiger partial charge in [0.1, 0.15) is 0 Å². The summed E-state index contributed by atoms with van der Waals surface area (Å²) < 4.78 is 0. The molecule has 0 heterocycles. The van der Waals surface area contributed by atoms with Gasteiger partial charge in [-0.3, -0.25) is 4.79 Å². The summed E-state index contributed by atoms with van der Waals surface area (Å²) in [7, 11) is 0. The molecule has 0 aliphatic heterocycles. The van der Waals surface area contributed by atoms with Crippen LogP contribution in [0.25, 0.3) is 10.8 Å². The fourth-order valence-corrected chi connectivity index (χ4v) is 4.09. The van der Waals surface area contributed by atoms with Crippen molar-refractivity contribution in [1.82, 2.24) is 0 Å². The van der Waals surface area contributed by atoms with Gasteiger partial charge in [0.15, 0.2) is 5.78 Å². The van der Waals surface area contributed by atoms with Crippen LogP contribution < -0.4 is 5.32 Å². The highest BCUT2D eigenvalue weighted by atomic mass is 16.1. The van der Waals surface area contributed by atoms with Crippen molar-refractivity contribution in [1.29, 1.82) is 0 Å². The molecule has 2 nitrogen and oxygen atoms in total. The van der Waals surface area contributed by atoms with Crippen molar-refractivity contribution in [2.24, 2.45) is 0 Å². The van der Waals surface area contributed by atoms with Crippen LogP contribution >= 0.6 is 0 Å². The zero-order valence-electron chi connectivity index (χ0n) is 15.2. The average molecular weight is 343 g/mol. The highest BCUT2D eigenvalue weighted by Crippen LogP contribution is 2.34. The van der Waals surface area contributed by atoms with Gasteiger partial charge in [0.2, 0.25) is 0 Å². The minimum atomic E-state index is 0.115. The van der Waals surface area contributed by atoms with Crippen LogP contribution in [0.5, 0.6) is 0 Å². The Kier molecular flexibility index (Phi) is 4.75. The molecule has 2 heteroatoms. The van der Waals surface area contributed by atoms with Crippen molar-refractivity contribution in [2.75, 3.05) is 5.32 Å². The molecule has 0 unspecified atom stereocenters. The molecule has 0 saturated heterocycles. The molecule has 1 fully saturated rings. The third-order valence-corrected chi connectivity index (χ3v) is 5.62. The van der Waals surface area contributed by atoms with Crippen molar-refractivity contribution in [3.8, 4) is 0 Å². The van der Waals surface area contributed by atoms with Crippen LogP contribution in [0, 0.1) is 0 Å². The lowest BCUT2D eigenvalue weighted by atomic mass is 9.81. The van der Waals surface area contributed by atoms with Crippen molar-refractivity contribution in [2.45, 2.75) is 44.6 Å². The first kappa shape index (κ1) is 16.8. The maximum Gasteiger partial charge on any atom is 0.159 e. The van der Waals surface area contributed by atoms with E-state index in [1.807, 2.05) is 18.2 Å². The number of fused-ring (bicyclic) bond motifs is 1. The maximum atomic E-state index is 11.5. The normalized spacial score (nSPS) is 20.0. The van der Waals surface area contributed by atoms with E-state index in [-0.39, 0.29) is 5.78 Å². The maximum absolute atomic E-state index is 11.5. The van der Waals surface area contributed by atoms with Crippen LogP contribution in [0.3, 0.4) is 0 Å². The topological polar surface area (TPSA) is 29.1 Å². The molecule has 3 aromatic rings. The predicted octanol–water partition coefficient (Wildman–Crippen LogP) is 6.18. The van der Waals surface area contributed by atoms with Gasteiger partial charge in [-0.05, 0) is 73.1 Å². The first-order chi connectivity index (χ1) is 12.7. The van der Waals surface area contributed by atoms with Gasteiger partial charge >= 0.3 is 0 Å². The Labute approximate surface area is 155 Å². The summed E-state index contributed by atoms with van der Waals surface area (Å²) in [6.07, 6.45) is 4.91. The number of carbonyl (C=O) groups excluding carboxylic acids is 1. The number of nitrogens with one attached hydrogen (secondary N) is 1. The first-order valence-electron chi connectivity index (χ1n) is 9.55. The lowest BCUT2D eigenvalue weighted by Gasteiger charge is -2.30. The molecule has 26 heavy (non-hydrogen) atoms. The van der Waals surface area contributed by atoms with Gasteiger partial charge in [-0.25, -0.2) is 0 Å². The Morgan fingerprint density at radius 3 is 2.27 bits per heavy atom.